The van der Waals surface area contributed by atoms with E-state index in [4.69, 9.17) is 9.47 Å². The minimum absolute atomic E-state index is 0.0981. The molecule has 0 aliphatic heterocycles. The van der Waals surface area contributed by atoms with Crippen LogP contribution >= 0.6 is 0 Å². The lowest BCUT2D eigenvalue weighted by molar-refractivity contribution is -0.154. The zero-order valence-electron chi connectivity index (χ0n) is 17.0. The van der Waals surface area contributed by atoms with Crippen LogP contribution in [-0.2, 0) is 16.1 Å². The molecule has 0 saturated heterocycles. The summed E-state index contributed by atoms with van der Waals surface area (Å²) < 4.78 is 12.1. The monoisotopic (exact) mass is 364 g/mol. The lowest BCUT2D eigenvalue weighted by Crippen LogP contribution is -2.22. The highest BCUT2D eigenvalue weighted by atomic mass is 16.7. The number of benzene rings is 2. The van der Waals surface area contributed by atoms with Crippen LogP contribution in [0.4, 0.5) is 0 Å². The molecule has 2 aromatic carbocycles. The number of hydrogen-bond acceptors (Lipinski definition) is 2. The molecular weight excluding hydrogens is 332 g/mol. The van der Waals surface area contributed by atoms with Crippen LogP contribution in [0.25, 0.3) is 10.8 Å². The average molecular weight is 365 g/mol. The van der Waals surface area contributed by atoms with Crippen LogP contribution in [0, 0.1) is 11.8 Å². The first kappa shape index (κ1) is 19.9. The van der Waals surface area contributed by atoms with Gasteiger partial charge < -0.3 is 9.47 Å². The summed E-state index contributed by atoms with van der Waals surface area (Å²) in [5, 5.41) is 2.49. The summed E-state index contributed by atoms with van der Waals surface area (Å²) in [6, 6.07) is 14.8. The average Bonchev–Trinajstić information content (AvgIpc) is 2.68. The van der Waals surface area contributed by atoms with Crippen molar-refractivity contribution in [2.24, 2.45) is 11.8 Å². The predicted molar refractivity (Wildman–Crippen MR) is 114 cm³/mol. The molecule has 0 saturated carbocycles. The Morgan fingerprint density at radius 3 is 2.52 bits per heavy atom. The second-order valence-corrected chi connectivity index (χ2v) is 7.75. The molecule has 0 fully saturated rings. The number of ether oxygens (including phenoxy) is 2. The van der Waals surface area contributed by atoms with Crippen molar-refractivity contribution >= 4 is 10.8 Å². The number of fused-ring (bicyclic) bond motifs is 1. The van der Waals surface area contributed by atoms with Gasteiger partial charge in [0.05, 0.1) is 12.7 Å². The van der Waals surface area contributed by atoms with Gasteiger partial charge in [0.15, 0.2) is 6.29 Å². The highest BCUT2D eigenvalue weighted by Crippen LogP contribution is 2.29. The van der Waals surface area contributed by atoms with E-state index >= 15 is 0 Å². The standard InChI is InChI=1S/C25H32O2/c1-5-24(18(2)3)21-13-15-23(16-14-21)27-19(4)26-17-22-11-8-10-20-9-6-7-12-25(20)22/h6-15,18-19,23-24H,5,16-17H2,1-4H3. The third-order valence-corrected chi connectivity index (χ3v) is 5.48. The Morgan fingerprint density at radius 2 is 1.81 bits per heavy atom. The highest BCUT2D eigenvalue weighted by molar-refractivity contribution is 5.85. The Bertz CT molecular complexity index is 798. The van der Waals surface area contributed by atoms with Crippen LogP contribution in [0.5, 0.6) is 0 Å². The molecule has 0 N–H and O–H groups in total. The van der Waals surface area contributed by atoms with Crippen LogP contribution < -0.4 is 0 Å². The molecule has 0 bridgehead atoms. The second kappa shape index (κ2) is 9.34. The maximum absolute atomic E-state index is 6.09. The second-order valence-electron chi connectivity index (χ2n) is 7.75. The van der Waals surface area contributed by atoms with Gasteiger partial charge in [0.2, 0.25) is 0 Å². The van der Waals surface area contributed by atoms with E-state index in [1.807, 2.05) is 6.92 Å². The molecule has 0 spiro atoms. The summed E-state index contributed by atoms with van der Waals surface area (Å²) >= 11 is 0. The van der Waals surface area contributed by atoms with Crippen molar-refractivity contribution in [3.05, 3.63) is 71.8 Å². The summed E-state index contributed by atoms with van der Waals surface area (Å²) in [6.45, 7) is 9.42. The van der Waals surface area contributed by atoms with Crippen LogP contribution in [0.2, 0.25) is 0 Å². The smallest absolute Gasteiger partial charge is 0.156 e. The lowest BCUT2D eigenvalue weighted by atomic mass is 9.83. The zero-order chi connectivity index (χ0) is 19.2. The van der Waals surface area contributed by atoms with E-state index in [0.29, 0.717) is 18.4 Å². The molecule has 2 aromatic rings. The van der Waals surface area contributed by atoms with E-state index < -0.39 is 0 Å². The van der Waals surface area contributed by atoms with Gasteiger partial charge in [0.1, 0.15) is 0 Å². The first-order chi connectivity index (χ1) is 13.1. The molecule has 3 atom stereocenters. The Labute approximate surface area is 163 Å². The summed E-state index contributed by atoms with van der Waals surface area (Å²) in [5.74, 6) is 1.31. The molecule has 27 heavy (non-hydrogen) atoms. The molecule has 3 unspecified atom stereocenters. The van der Waals surface area contributed by atoms with Crippen LogP contribution in [-0.4, -0.2) is 12.4 Å². The quantitative estimate of drug-likeness (QED) is 0.488. The van der Waals surface area contributed by atoms with E-state index in [9.17, 15) is 0 Å². The topological polar surface area (TPSA) is 18.5 Å². The van der Waals surface area contributed by atoms with Crippen LogP contribution in [0.15, 0.2) is 66.3 Å². The Kier molecular flexibility index (Phi) is 6.87. The van der Waals surface area contributed by atoms with Crippen LogP contribution in [0.3, 0.4) is 0 Å². The number of hydrogen-bond donors (Lipinski definition) is 0. The number of rotatable bonds is 8. The summed E-state index contributed by atoms with van der Waals surface area (Å²) in [4.78, 5) is 0. The molecule has 1 aliphatic rings. The third-order valence-electron chi connectivity index (χ3n) is 5.48. The molecule has 1 aliphatic carbocycles. The molecule has 2 nitrogen and oxygen atoms in total. The Balaban J connectivity index is 1.53. The SMILES string of the molecule is CCC(C1=CCC(OC(C)OCc2cccc3ccccc23)C=C1)C(C)C. The van der Waals surface area contributed by atoms with Gasteiger partial charge in [-0.25, -0.2) is 0 Å². The molecular formula is C25H32O2. The van der Waals surface area contributed by atoms with E-state index in [2.05, 4.69) is 81.5 Å². The molecule has 0 aromatic heterocycles. The minimum Gasteiger partial charge on any atom is -0.348 e. The fraction of sp³-hybridized carbons (Fsp3) is 0.440. The van der Waals surface area contributed by atoms with Gasteiger partial charge in [-0.05, 0) is 53.5 Å². The molecule has 0 heterocycles. The predicted octanol–water partition coefficient (Wildman–Crippen LogP) is 6.66. The molecule has 2 heteroatoms. The van der Waals surface area contributed by atoms with Crippen molar-refractivity contribution in [1.29, 1.82) is 0 Å². The fourth-order valence-corrected chi connectivity index (χ4v) is 4.00. The van der Waals surface area contributed by atoms with Gasteiger partial charge in [0.25, 0.3) is 0 Å². The van der Waals surface area contributed by atoms with Gasteiger partial charge in [-0.15, -0.1) is 0 Å². The van der Waals surface area contributed by atoms with Crippen LogP contribution in [0.1, 0.15) is 46.1 Å². The van der Waals surface area contributed by atoms with Crippen molar-refractivity contribution in [2.75, 3.05) is 0 Å². The lowest BCUT2D eigenvalue weighted by Gasteiger charge is -2.26. The van der Waals surface area contributed by atoms with Crippen molar-refractivity contribution in [2.45, 2.75) is 59.5 Å². The summed E-state index contributed by atoms with van der Waals surface area (Å²) in [5.41, 5.74) is 2.66. The first-order valence-electron chi connectivity index (χ1n) is 10.2. The van der Waals surface area contributed by atoms with Gasteiger partial charge in [-0.1, -0.05) is 81.5 Å². The Morgan fingerprint density at radius 1 is 1.04 bits per heavy atom. The largest absolute Gasteiger partial charge is 0.348 e. The van der Waals surface area contributed by atoms with Gasteiger partial charge in [-0.3, -0.25) is 0 Å². The maximum Gasteiger partial charge on any atom is 0.156 e. The van der Waals surface area contributed by atoms with Crippen molar-refractivity contribution in [3.63, 3.8) is 0 Å². The van der Waals surface area contributed by atoms with E-state index in [-0.39, 0.29) is 12.4 Å². The van der Waals surface area contributed by atoms with E-state index in [0.717, 1.165) is 6.42 Å². The van der Waals surface area contributed by atoms with E-state index in [1.165, 1.54) is 28.3 Å². The summed E-state index contributed by atoms with van der Waals surface area (Å²) in [6.07, 6.45) is 8.76. The van der Waals surface area contributed by atoms with Crippen molar-refractivity contribution in [3.8, 4) is 0 Å². The molecule has 0 amide bonds. The molecule has 144 valence electrons. The summed E-state index contributed by atoms with van der Waals surface area (Å²) in [7, 11) is 0. The Hall–Kier alpha value is -1.90. The van der Waals surface area contributed by atoms with Crippen molar-refractivity contribution < 1.29 is 9.47 Å². The van der Waals surface area contributed by atoms with E-state index in [1.54, 1.807) is 0 Å². The van der Waals surface area contributed by atoms with Gasteiger partial charge in [-0.2, -0.15) is 0 Å². The van der Waals surface area contributed by atoms with Gasteiger partial charge >= 0.3 is 0 Å². The highest BCUT2D eigenvalue weighted by Gasteiger charge is 2.19. The third kappa shape index (κ3) is 5.09. The minimum atomic E-state index is -0.236. The molecule has 0 radical (unpaired) electrons. The normalized spacial score (nSPS) is 19.3. The van der Waals surface area contributed by atoms with Gasteiger partial charge in [0, 0.05) is 0 Å². The maximum atomic E-state index is 6.09. The number of allylic oxidation sites excluding steroid dienone is 2. The zero-order valence-corrected chi connectivity index (χ0v) is 17.0. The van der Waals surface area contributed by atoms with Crippen molar-refractivity contribution in [1.82, 2.24) is 0 Å². The molecule has 3 rings (SSSR count). The fourth-order valence-electron chi connectivity index (χ4n) is 4.00. The first-order valence-corrected chi connectivity index (χ1v) is 10.2.